The molecule has 0 radical (unpaired) electrons. The molecule has 0 heterocycles. The molecule has 1 fully saturated rings. The van der Waals surface area contributed by atoms with E-state index in [1.807, 2.05) is 6.92 Å². The van der Waals surface area contributed by atoms with Crippen molar-refractivity contribution in [2.24, 2.45) is 5.92 Å². The van der Waals surface area contributed by atoms with Gasteiger partial charge in [-0.1, -0.05) is 41.1 Å². The molecule has 1 aliphatic rings. The Morgan fingerprint density at radius 3 is 2.50 bits per heavy atom. The van der Waals surface area contributed by atoms with Crippen LogP contribution in [0, 0.1) is 5.92 Å². The molecule has 2 unspecified atom stereocenters. The zero-order valence-corrected chi connectivity index (χ0v) is 10.4. The van der Waals surface area contributed by atoms with Gasteiger partial charge in [-0.05, 0) is 29.4 Å². The Morgan fingerprint density at radius 2 is 2.00 bits per heavy atom. The van der Waals surface area contributed by atoms with Gasteiger partial charge in [0.15, 0.2) is 0 Å². The summed E-state index contributed by atoms with van der Waals surface area (Å²) in [5.41, 5.74) is -0.358. The van der Waals surface area contributed by atoms with Gasteiger partial charge >= 0.3 is 6.18 Å². The van der Waals surface area contributed by atoms with Gasteiger partial charge in [0.1, 0.15) is 0 Å². The third-order valence-corrected chi connectivity index (χ3v) is 4.23. The summed E-state index contributed by atoms with van der Waals surface area (Å²) in [5.74, 6) is 0.316. The predicted molar refractivity (Wildman–Crippen MR) is 60.7 cm³/mol. The summed E-state index contributed by atoms with van der Waals surface area (Å²) in [6, 6.07) is 5.90. The average molecular weight is 293 g/mol. The van der Waals surface area contributed by atoms with E-state index in [1.54, 1.807) is 12.1 Å². The van der Waals surface area contributed by atoms with Crippen molar-refractivity contribution in [1.29, 1.82) is 0 Å². The fourth-order valence-corrected chi connectivity index (χ4v) is 3.18. The van der Waals surface area contributed by atoms with Crippen molar-refractivity contribution in [2.45, 2.75) is 24.9 Å². The Morgan fingerprint density at radius 1 is 1.38 bits per heavy atom. The average Bonchev–Trinajstić information content (AvgIpc) is 2.90. The van der Waals surface area contributed by atoms with Crippen LogP contribution in [0.4, 0.5) is 13.2 Å². The predicted octanol–water partition coefficient (Wildman–Crippen LogP) is 4.38. The van der Waals surface area contributed by atoms with Crippen LogP contribution in [-0.2, 0) is 11.6 Å². The molecule has 0 amide bonds. The van der Waals surface area contributed by atoms with Crippen LogP contribution in [0.3, 0.4) is 0 Å². The van der Waals surface area contributed by atoms with Crippen molar-refractivity contribution >= 4 is 15.9 Å². The normalized spacial score (nSPS) is 29.2. The number of hydrogen-bond acceptors (Lipinski definition) is 0. The lowest BCUT2D eigenvalue weighted by Crippen LogP contribution is -2.15. The third-order valence-electron chi connectivity index (χ3n) is 3.45. The van der Waals surface area contributed by atoms with E-state index in [4.69, 9.17) is 0 Å². The minimum atomic E-state index is -4.25. The molecular formula is C12H12BrF3. The van der Waals surface area contributed by atoms with Gasteiger partial charge < -0.3 is 0 Å². The van der Waals surface area contributed by atoms with Crippen LogP contribution < -0.4 is 0 Å². The molecule has 88 valence electrons. The first-order valence-corrected chi connectivity index (χ1v) is 6.24. The number of halogens is 4. The van der Waals surface area contributed by atoms with Crippen molar-refractivity contribution in [2.75, 3.05) is 5.33 Å². The van der Waals surface area contributed by atoms with Crippen LogP contribution in [0.1, 0.15) is 24.5 Å². The largest absolute Gasteiger partial charge is 0.416 e. The van der Waals surface area contributed by atoms with Crippen molar-refractivity contribution in [3.05, 3.63) is 35.4 Å². The molecule has 4 heteroatoms. The maximum Gasteiger partial charge on any atom is 0.416 e. The van der Waals surface area contributed by atoms with Crippen molar-refractivity contribution < 1.29 is 13.2 Å². The molecule has 1 saturated carbocycles. The maximum absolute atomic E-state index is 12.8. The lowest BCUT2D eigenvalue weighted by Gasteiger charge is -2.18. The Bertz CT molecular complexity index is 399. The molecule has 0 N–H and O–H groups in total. The maximum atomic E-state index is 12.8. The molecule has 0 aromatic heterocycles. The Kier molecular flexibility index (Phi) is 2.81. The fraction of sp³-hybridized carbons (Fsp3) is 0.500. The highest BCUT2D eigenvalue weighted by Gasteiger charge is 2.53. The first-order chi connectivity index (χ1) is 7.39. The summed E-state index contributed by atoms with van der Waals surface area (Å²) in [6.07, 6.45) is -3.43. The molecule has 16 heavy (non-hydrogen) atoms. The second-order valence-electron chi connectivity index (χ2n) is 4.52. The summed E-state index contributed by atoms with van der Waals surface area (Å²) in [6.45, 7) is 1.91. The molecule has 1 aromatic rings. The van der Waals surface area contributed by atoms with Crippen LogP contribution in [-0.4, -0.2) is 5.33 Å². The molecule has 1 aromatic carbocycles. The topological polar surface area (TPSA) is 0 Å². The summed E-state index contributed by atoms with van der Waals surface area (Å²) < 4.78 is 38.5. The first kappa shape index (κ1) is 12.0. The zero-order valence-electron chi connectivity index (χ0n) is 8.81. The van der Waals surface area contributed by atoms with Crippen LogP contribution >= 0.6 is 15.9 Å². The van der Waals surface area contributed by atoms with Crippen LogP contribution in [0.2, 0.25) is 0 Å². The smallest absolute Gasteiger partial charge is 0.166 e. The van der Waals surface area contributed by atoms with Crippen LogP contribution in [0.25, 0.3) is 0 Å². The van der Waals surface area contributed by atoms with Crippen molar-refractivity contribution in [1.82, 2.24) is 0 Å². The van der Waals surface area contributed by atoms with Crippen LogP contribution in [0.15, 0.2) is 24.3 Å². The van der Waals surface area contributed by atoms with Gasteiger partial charge in [-0.25, -0.2) is 0 Å². The summed E-state index contributed by atoms with van der Waals surface area (Å²) >= 11 is 3.34. The van der Waals surface area contributed by atoms with Gasteiger partial charge in [-0.2, -0.15) is 13.2 Å². The van der Waals surface area contributed by atoms with E-state index < -0.39 is 11.7 Å². The van der Waals surface area contributed by atoms with E-state index in [1.165, 1.54) is 12.1 Å². The monoisotopic (exact) mass is 292 g/mol. The highest BCUT2D eigenvalue weighted by molar-refractivity contribution is 9.09. The summed E-state index contributed by atoms with van der Waals surface area (Å²) in [5, 5.41) is 0.760. The highest BCUT2D eigenvalue weighted by atomic mass is 79.9. The van der Waals surface area contributed by atoms with Gasteiger partial charge in [0.05, 0.1) is 5.56 Å². The number of rotatable bonds is 2. The molecule has 0 aliphatic heterocycles. The lowest BCUT2D eigenvalue weighted by molar-refractivity contribution is -0.138. The third kappa shape index (κ3) is 1.88. The SMILES string of the molecule is CC1(c2ccccc2C(F)(F)F)CC1CBr. The second kappa shape index (κ2) is 3.76. The molecule has 2 rings (SSSR count). The van der Waals surface area contributed by atoms with Crippen molar-refractivity contribution in [3.8, 4) is 0 Å². The number of alkyl halides is 4. The zero-order chi connectivity index (χ0) is 12.0. The second-order valence-corrected chi connectivity index (χ2v) is 5.16. The quantitative estimate of drug-likeness (QED) is 0.710. The molecule has 2 atom stereocenters. The van der Waals surface area contributed by atoms with E-state index in [2.05, 4.69) is 15.9 Å². The van der Waals surface area contributed by atoms with Gasteiger partial charge in [-0.15, -0.1) is 0 Å². The fourth-order valence-electron chi connectivity index (χ4n) is 2.24. The molecule has 0 spiro atoms. The van der Waals surface area contributed by atoms with Gasteiger partial charge in [-0.3, -0.25) is 0 Å². The van der Waals surface area contributed by atoms with Gasteiger partial charge in [0, 0.05) is 5.33 Å². The van der Waals surface area contributed by atoms with E-state index in [0.29, 0.717) is 11.5 Å². The Hall–Kier alpha value is -0.510. The standard InChI is InChI=1S/C12H12BrF3/c1-11(6-8(11)7-13)9-4-2-3-5-10(9)12(14,15)16/h2-5,8H,6-7H2,1H3. The van der Waals surface area contributed by atoms with Gasteiger partial charge in [0.2, 0.25) is 0 Å². The van der Waals surface area contributed by atoms with E-state index >= 15 is 0 Å². The minimum Gasteiger partial charge on any atom is -0.166 e. The molecule has 0 nitrogen and oxygen atoms in total. The van der Waals surface area contributed by atoms with Gasteiger partial charge in [0.25, 0.3) is 0 Å². The number of benzene rings is 1. The van der Waals surface area contributed by atoms with Crippen molar-refractivity contribution in [3.63, 3.8) is 0 Å². The Balaban J connectivity index is 2.43. The first-order valence-electron chi connectivity index (χ1n) is 5.12. The van der Waals surface area contributed by atoms with E-state index in [9.17, 15) is 13.2 Å². The highest BCUT2D eigenvalue weighted by Crippen LogP contribution is 2.56. The Labute approximate surface area is 101 Å². The van der Waals surface area contributed by atoms with E-state index in [-0.39, 0.29) is 5.41 Å². The minimum absolute atomic E-state index is 0.310. The molecule has 0 bridgehead atoms. The lowest BCUT2D eigenvalue weighted by atomic mass is 9.91. The van der Waals surface area contributed by atoms with E-state index in [0.717, 1.165) is 11.8 Å². The summed E-state index contributed by atoms with van der Waals surface area (Å²) in [4.78, 5) is 0. The molecule has 1 aliphatic carbocycles. The van der Waals surface area contributed by atoms with Crippen LogP contribution in [0.5, 0.6) is 0 Å². The summed E-state index contributed by atoms with van der Waals surface area (Å²) in [7, 11) is 0. The molecular weight excluding hydrogens is 281 g/mol. The molecule has 0 saturated heterocycles. The number of hydrogen-bond donors (Lipinski definition) is 0.